The molecule has 1 unspecified atom stereocenters. The molecule has 0 aliphatic rings. The van der Waals surface area contributed by atoms with Gasteiger partial charge in [-0.15, -0.1) is 0 Å². The molecule has 0 aromatic heterocycles. The van der Waals surface area contributed by atoms with Gasteiger partial charge in [0, 0.05) is 12.6 Å². The van der Waals surface area contributed by atoms with Crippen molar-refractivity contribution in [1.29, 1.82) is 0 Å². The van der Waals surface area contributed by atoms with Crippen LogP contribution >= 0.6 is 0 Å². The zero-order valence-corrected chi connectivity index (χ0v) is 15.5. The van der Waals surface area contributed by atoms with Crippen molar-refractivity contribution in [2.45, 2.75) is 97.6 Å². The quantitative estimate of drug-likeness (QED) is 0.516. The van der Waals surface area contributed by atoms with Crippen LogP contribution < -0.4 is 10.6 Å². The van der Waals surface area contributed by atoms with Crippen LogP contribution in [0.5, 0.6) is 0 Å². The summed E-state index contributed by atoms with van der Waals surface area (Å²) in [6, 6.07) is 0.275. The number of amides is 1. The number of hydrogen-bond donors (Lipinski definition) is 2. The Morgan fingerprint density at radius 1 is 1.00 bits per heavy atom. The van der Waals surface area contributed by atoms with E-state index in [2.05, 4.69) is 24.5 Å². The van der Waals surface area contributed by atoms with Gasteiger partial charge in [0.1, 0.15) is 5.60 Å². The maximum absolute atomic E-state index is 11.5. The number of alkyl carbamates (subject to hydrolysis) is 1. The molecular formula is C18H38N2O2. The highest BCUT2D eigenvalue weighted by Crippen LogP contribution is 2.08. The molecule has 4 heteroatoms. The van der Waals surface area contributed by atoms with Crippen LogP contribution in [0.3, 0.4) is 0 Å². The summed E-state index contributed by atoms with van der Waals surface area (Å²) < 4.78 is 5.21. The molecule has 0 aromatic rings. The van der Waals surface area contributed by atoms with Gasteiger partial charge < -0.3 is 15.4 Å². The SMILES string of the molecule is CCCCCCCCCCNC(C)CNC(=O)OC(C)(C)C. The minimum absolute atomic E-state index is 0.275. The number of carbonyl (C=O) groups excluding carboxylic acids is 1. The van der Waals surface area contributed by atoms with Crippen molar-refractivity contribution < 1.29 is 9.53 Å². The molecule has 0 radical (unpaired) electrons. The molecule has 0 heterocycles. The molecule has 0 saturated carbocycles. The summed E-state index contributed by atoms with van der Waals surface area (Å²) in [4.78, 5) is 11.5. The fourth-order valence-corrected chi connectivity index (χ4v) is 2.23. The van der Waals surface area contributed by atoms with Gasteiger partial charge in [0.05, 0.1) is 0 Å². The first-order chi connectivity index (χ1) is 10.3. The van der Waals surface area contributed by atoms with Crippen LogP contribution in [0.15, 0.2) is 0 Å². The van der Waals surface area contributed by atoms with E-state index in [-0.39, 0.29) is 12.1 Å². The lowest BCUT2D eigenvalue weighted by Gasteiger charge is -2.21. The number of nitrogens with one attached hydrogen (secondary N) is 2. The van der Waals surface area contributed by atoms with Gasteiger partial charge in [-0.25, -0.2) is 4.79 Å². The number of ether oxygens (including phenoxy) is 1. The van der Waals surface area contributed by atoms with Gasteiger partial charge in [0.15, 0.2) is 0 Å². The number of carbonyl (C=O) groups is 1. The Morgan fingerprint density at radius 2 is 1.55 bits per heavy atom. The molecule has 0 aromatic carbocycles. The fourth-order valence-electron chi connectivity index (χ4n) is 2.23. The second-order valence-electron chi connectivity index (χ2n) is 7.21. The van der Waals surface area contributed by atoms with E-state index in [0.717, 1.165) is 6.54 Å². The van der Waals surface area contributed by atoms with Crippen LogP contribution in [-0.4, -0.2) is 30.8 Å². The van der Waals surface area contributed by atoms with Crippen molar-refractivity contribution in [2.24, 2.45) is 0 Å². The summed E-state index contributed by atoms with van der Waals surface area (Å²) in [5.74, 6) is 0. The lowest BCUT2D eigenvalue weighted by atomic mass is 10.1. The Kier molecular flexibility index (Phi) is 12.3. The van der Waals surface area contributed by atoms with Crippen molar-refractivity contribution in [2.75, 3.05) is 13.1 Å². The van der Waals surface area contributed by atoms with E-state index in [1.165, 1.54) is 51.4 Å². The molecule has 0 rings (SSSR count). The summed E-state index contributed by atoms with van der Waals surface area (Å²) in [5.41, 5.74) is -0.433. The Bertz CT molecular complexity index is 275. The Balaban J connectivity index is 3.39. The third-order valence-corrected chi connectivity index (χ3v) is 3.47. The lowest BCUT2D eigenvalue weighted by molar-refractivity contribution is 0.0523. The van der Waals surface area contributed by atoms with Crippen molar-refractivity contribution in [3.63, 3.8) is 0 Å². The maximum Gasteiger partial charge on any atom is 0.407 e. The molecule has 132 valence electrons. The second-order valence-corrected chi connectivity index (χ2v) is 7.21. The van der Waals surface area contributed by atoms with Gasteiger partial charge >= 0.3 is 6.09 Å². The van der Waals surface area contributed by atoms with Gasteiger partial charge in [-0.1, -0.05) is 51.9 Å². The number of hydrogen-bond acceptors (Lipinski definition) is 3. The van der Waals surface area contributed by atoms with Crippen LogP contribution in [0.2, 0.25) is 0 Å². The van der Waals surface area contributed by atoms with Gasteiger partial charge in [-0.05, 0) is 40.7 Å². The monoisotopic (exact) mass is 314 g/mol. The normalized spacial score (nSPS) is 13.0. The first-order valence-electron chi connectivity index (χ1n) is 9.05. The van der Waals surface area contributed by atoms with Gasteiger partial charge in [-0.3, -0.25) is 0 Å². The van der Waals surface area contributed by atoms with Gasteiger partial charge in [-0.2, -0.15) is 0 Å². The summed E-state index contributed by atoms with van der Waals surface area (Å²) in [6.45, 7) is 11.6. The predicted molar refractivity (Wildman–Crippen MR) is 94.3 cm³/mol. The van der Waals surface area contributed by atoms with E-state index in [4.69, 9.17) is 4.74 Å². The summed E-state index contributed by atoms with van der Waals surface area (Å²) in [6.07, 6.45) is 10.4. The van der Waals surface area contributed by atoms with E-state index in [0.29, 0.717) is 6.54 Å². The molecule has 2 N–H and O–H groups in total. The zero-order valence-electron chi connectivity index (χ0n) is 15.5. The highest BCUT2D eigenvalue weighted by Gasteiger charge is 2.16. The topological polar surface area (TPSA) is 50.4 Å². The first-order valence-corrected chi connectivity index (χ1v) is 9.05. The number of unbranched alkanes of at least 4 members (excludes halogenated alkanes) is 7. The van der Waals surface area contributed by atoms with E-state index < -0.39 is 5.60 Å². The number of rotatable bonds is 12. The molecule has 0 bridgehead atoms. The Labute approximate surface area is 137 Å². The third-order valence-electron chi connectivity index (χ3n) is 3.47. The third kappa shape index (κ3) is 15.6. The van der Waals surface area contributed by atoms with Crippen LogP contribution in [-0.2, 0) is 4.74 Å². The molecule has 4 nitrogen and oxygen atoms in total. The molecule has 0 aliphatic heterocycles. The summed E-state index contributed by atoms with van der Waals surface area (Å²) >= 11 is 0. The fraction of sp³-hybridized carbons (Fsp3) is 0.944. The summed E-state index contributed by atoms with van der Waals surface area (Å²) in [7, 11) is 0. The summed E-state index contributed by atoms with van der Waals surface area (Å²) in [5, 5.41) is 6.24. The van der Waals surface area contributed by atoms with Crippen molar-refractivity contribution in [1.82, 2.24) is 10.6 Å². The molecule has 0 fully saturated rings. The molecule has 22 heavy (non-hydrogen) atoms. The molecule has 0 saturated heterocycles. The van der Waals surface area contributed by atoms with Crippen LogP contribution in [0.1, 0.15) is 86.0 Å². The largest absolute Gasteiger partial charge is 0.444 e. The standard InChI is InChI=1S/C18H38N2O2/c1-6-7-8-9-10-11-12-13-14-19-16(2)15-20-17(21)22-18(3,4)5/h16,19H,6-15H2,1-5H3,(H,20,21). The van der Waals surface area contributed by atoms with Gasteiger partial charge in [0.25, 0.3) is 0 Å². The van der Waals surface area contributed by atoms with Crippen molar-refractivity contribution in [3.05, 3.63) is 0 Å². The van der Waals surface area contributed by atoms with Crippen LogP contribution in [0.25, 0.3) is 0 Å². The lowest BCUT2D eigenvalue weighted by Crippen LogP contribution is -2.41. The predicted octanol–water partition coefficient (Wildman–Crippen LogP) is 4.63. The smallest absolute Gasteiger partial charge is 0.407 e. The van der Waals surface area contributed by atoms with E-state index in [1.54, 1.807) is 0 Å². The molecule has 1 atom stereocenters. The van der Waals surface area contributed by atoms with Crippen LogP contribution in [0.4, 0.5) is 4.79 Å². The maximum atomic E-state index is 11.5. The Hall–Kier alpha value is -0.770. The van der Waals surface area contributed by atoms with E-state index >= 15 is 0 Å². The molecule has 1 amide bonds. The average molecular weight is 315 g/mol. The molecular weight excluding hydrogens is 276 g/mol. The van der Waals surface area contributed by atoms with Crippen molar-refractivity contribution >= 4 is 6.09 Å². The Morgan fingerprint density at radius 3 is 2.09 bits per heavy atom. The molecule has 0 spiro atoms. The van der Waals surface area contributed by atoms with E-state index in [1.807, 2.05) is 20.8 Å². The van der Waals surface area contributed by atoms with Crippen molar-refractivity contribution in [3.8, 4) is 0 Å². The van der Waals surface area contributed by atoms with E-state index in [9.17, 15) is 4.79 Å². The first kappa shape index (κ1) is 21.2. The van der Waals surface area contributed by atoms with Gasteiger partial charge in [0.2, 0.25) is 0 Å². The average Bonchev–Trinajstić information content (AvgIpc) is 2.41. The zero-order chi connectivity index (χ0) is 16.8. The minimum Gasteiger partial charge on any atom is -0.444 e. The second kappa shape index (κ2) is 12.7. The molecule has 0 aliphatic carbocycles. The minimum atomic E-state index is -0.433. The highest BCUT2D eigenvalue weighted by molar-refractivity contribution is 5.67. The highest BCUT2D eigenvalue weighted by atomic mass is 16.6. The van der Waals surface area contributed by atoms with Crippen LogP contribution in [0, 0.1) is 0 Å².